The topological polar surface area (TPSA) is 44.4 Å². The summed E-state index contributed by atoms with van der Waals surface area (Å²) in [6, 6.07) is 16.1. The average Bonchev–Trinajstić information content (AvgIpc) is 2.62. The molecule has 2 N–H and O–H groups in total. The summed E-state index contributed by atoms with van der Waals surface area (Å²) in [5, 5.41) is 7.21. The number of carbonyl (C=O) groups is 1. The number of amides is 1. The minimum Gasteiger partial charge on any atom is -0.349 e. The number of carbonyl (C=O) groups excluding carboxylic acids is 1. The van der Waals surface area contributed by atoms with Gasteiger partial charge in [0, 0.05) is 30.4 Å². The van der Waals surface area contributed by atoms with Crippen LogP contribution in [0.5, 0.6) is 0 Å². The second-order valence-electron chi connectivity index (χ2n) is 6.90. The summed E-state index contributed by atoms with van der Waals surface area (Å²) in [7, 11) is 0. The van der Waals surface area contributed by atoms with Gasteiger partial charge in [-0.25, -0.2) is 0 Å². The first-order valence-electron chi connectivity index (χ1n) is 9.01. The third kappa shape index (κ3) is 4.82. The standard InChI is InChI=1S/C21H25N3OS/c1-15-5-3-7-17(13-15)20(25)22-18-9-11-24(12-10-18)21(26)23-19-8-4-6-16(2)14-19/h3-8,13-14,18H,9-12H2,1-2H3,(H,22,25)(H,23,26). The maximum Gasteiger partial charge on any atom is 0.251 e. The predicted octanol–water partition coefficient (Wildman–Crippen LogP) is 3.89. The van der Waals surface area contributed by atoms with Gasteiger partial charge in [-0.2, -0.15) is 0 Å². The van der Waals surface area contributed by atoms with Crippen molar-refractivity contribution in [3.63, 3.8) is 0 Å². The van der Waals surface area contributed by atoms with Crippen LogP contribution in [-0.4, -0.2) is 35.1 Å². The molecule has 5 heteroatoms. The van der Waals surface area contributed by atoms with Crippen molar-refractivity contribution in [2.45, 2.75) is 32.7 Å². The maximum atomic E-state index is 12.4. The molecule has 0 radical (unpaired) electrons. The van der Waals surface area contributed by atoms with Gasteiger partial charge >= 0.3 is 0 Å². The van der Waals surface area contributed by atoms with Crippen LogP contribution in [0.2, 0.25) is 0 Å². The molecule has 2 aromatic rings. The van der Waals surface area contributed by atoms with E-state index in [1.54, 1.807) is 0 Å². The molecule has 1 aliphatic rings. The fourth-order valence-corrected chi connectivity index (χ4v) is 3.51. The zero-order chi connectivity index (χ0) is 18.5. The Labute approximate surface area is 160 Å². The van der Waals surface area contributed by atoms with E-state index in [4.69, 9.17) is 12.2 Å². The van der Waals surface area contributed by atoms with E-state index in [0.29, 0.717) is 0 Å². The van der Waals surface area contributed by atoms with Crippen molar-refractivity contribution in [2.75, 3.05) is 18.4 Å². The van der Waals surface area contributed by atoms with Gasteiger partial charge in [-0.15, -0.1) is 0 Å². The molecule has 0 atom stereocenters. The van der Waals surface area contributed by atoms with Crippen molar-refractivity contribution >= 4 is 28.9 Å². The van der Waals surface area contributed by atoms with E-state index in [2.05, 4.69) is 34.6 Å². The summed E-state index contributed by atoms with van der Waals surface area (Å²) in [6.07, 6.45) is 1.79. The lowest BCUT2D eigenvalue weighted by atomic mass is 10.0. The molecule has 0 aromatic heterocycles. The monoisotopic (exact) mass is 367 g/mol. The van der Waals surface area contributed by atoms with Crippen molar-refractivity contribution in [2.24, 2.45) is 0 Å². The Morgan fingerprint density at radius 3 is 2.35 bits per heavy atom. The molecular weight excluding hydrogens is 342 g/mol. The van der Waals surface area contributed by atoms with Crippen LogP contribution in [0.3, 0.4) is 0 Å². The number of aryl methyl sites for hydroxylation is 2. The largest absolute Gasteiger partial charge is 0.349 e. The van der Waals surface area contributed by atoms with Gasteiger partial charge in [-0.1, -0.05) is 29.8 Å². The van der Waals surface area contributed by atoms with Gasteiger partial charge in [0.15, 0.2) is 5.11 Å². The van der Waals surface area contributed by atoms with Crippen LogP contribution in [0.1, 0.15) is 34.3 Å². The van der Waals surface area contributed by atoms with Gasteiger partial charge in [-0.3, -0.25) is 4.79 Å². The van der Waals surface area contributed by atoms with E-state index in [0.717, 1.165) is 47.9 Å². The zero-order valence-corrected chi connectivity index (χ0v) is 16.1. The molecule has 1 fully saturated rings. The molecule has 136 valence electrons. The van der Waals surface area contributed by atoms with Gasteiger partial charge in [0.25, 0.3) is 5.91 Å². The summed E-state index contributed by atoms with van der Waals surface area (Å²) < 4.78 is 0. The Morgan fingerprint density at radius 2 is 1.69 bits per heavy atom. The second kappa shape index (κ2) is 8.32. The Hall–Kier alpha value is -2.40. The number of piperidine rings is 1. The van der Waals surface area contributed by atoms with E-state index in [1.807, 2.05) is 43.3 Å². The van der Waals surface area contributed by atoms with Crippen LogP contribution < -0.4 is 10.6 Å². The Balaban J connectivity index is 1.49. The summed E-state index contributed by atoms with van der Waals surface area (Å²) in [5.74, 6) is 0.00705. The Kier molecular flexibility index (Phi) is 5.89. The predicted molar refractivity (Wildman–Crippen MR) is 111 cm³/mol. The summed E-state index contributed by atoms with van der Waals surface area (Å²) >= 11 is 5.54. The smallest absolute Gasteiger partial charge is 0.251 e. The second-order valence-corrected chi connectivity index (χ2v) is 7.29. The molecule has 1 heterocycles. The molecular formula is C21H25N3OS. The third-order valence-electron chi connectivity index (χ3n) is 4.67. The highest BCUT2D eigenvalue weighted by atomic mass is 32.1. The number of hydrogen-bond donors (Lipinski definition) is 2. The molecule has 1 saturated heterocycles. The number of thiocarbonyl (C=S) groups is 1. The lowest BCUT2D eigenvalue weighted by Crippen LogP contribution is -2.47. The summed E-state index contributed by atoms with van der Waals surface area (Å²) in [4.78, 5) is 14.6. The SMILES string of the molecule is Cc1cccc(NC(=S)N2CCC(NC(=O)c3cccc(C)c3)CC2)c1. The Morgan fingerprint density at radius 1 is 1.04 bits per heavy atom. The first-order chi connectivity index (χ1) is 12.5. The van der Waals surface area contributed by atoms with Crippen LogP contribution in [0, 0.1) is 13.8 Å². The number of hydrogen-bond acceptors (Lipinski definition) is 2. The molecule has 0 unspecified atom stereocenters. The summed E-state index contributed by atoms with van der Waals surface area (Å²) in [6.45, 7) is 5.75. The number of nitrogens with one attached hydrogen (secondary N) is 2. The van der Waals surface area contributed by atoms with E-state index in [-0.39, 0.29) is 11.9 Å². The first-order valence-corrected chi connectivity index (χ1v) is 9.42. The fourth-order valence-electron chi connectivity index (χ4n) is 3.21. The quantitative estimate of drug-likeness (QED) is 0.808. The molecule has 4 nitrogen and oxygen atoms in total. The number of nitrogens with zero attached hydrogens (tertiary/aromatic N) is 1. The van der Waals surface area contributed by atoms with Crippen molar-refractivity contribution in [1.82, 2.24) is 10.2 Å². The number of rotatable bonds is 3. The highest BCUT2D eigenvalue weighted by molar-refractivity contribution is 7.80. The van der Waals surface area contributed by atoms with Gasteiger partial charge in [0.05, 0.1) is 0 Å². The number of benzene rings is 2. The molecule has 0 spiro atoms. The lowest BCUT2D eigenvalue weighted by Gasteiger charge is -2.34. The van der Waals surface area contributed by atoms with Crippen molar-refractivity contribution < 1.29 is 4.79 Å². The molecule has 1 amide bonds. The Bertz CT molecular complexity index is 797. The van der Waals surface area contributed by atoms with E-state index in [1.165, 1.54) is 5.56 Å². The normalized spacial score (nSPS) is 14.8. The number of anilines is 1. The zero-order valence-electron chi connectivity index (χ0n) is 15.3. The van der Waals surface area contributed by atoms with Crippen LogP contribution in [0.25, 0.3) is 0 Å². The molecule has 1 aliphatic heterocycles. The van der Waals surface area contributed by atoms with Crippen molar-refractivity contribution in [1.29, 1.82) is 0 Å². The molecule has 3 rings (SSSR count). The van der Waals surface area contributed by atoms with E-state index >= 15 is 0 Å². The van der Waals surface area contributed by atoms with Crippen molar-refractivity contribution in [3.8, 4) is 0 Å². The fraction of sp³-hybridized carbons (Fsp3) is 0.333. The van der Waals surface area contributed by atoms with Crippen LogP contribution >= 0.6 is 12.2 Å². The van der Waals surface area contributed by atoms with E-state index in [9.17, 15) is 4.79 Å². The third-order valence-corrected chi connectivity index (χ3v) is 5.03. The molecule has 0 aliphatic carbocycles. The summed E-state index contributed by atoms with van der Waals surface area (Å²) in [5.41, 5.74) is 4.05. The molecule has 0 saturated carbocycles. The van der Waals surface area contributed by atoms with Crippen LogP contribution in [0.4, 0.5) is 5.69 Å². The molecule has 26 heavy (non-hydrogen) atoms. The highest BCUT2D eigenvalue weighted by Crippen LogP contribution is 2.15. The number of likely N-dealkylation sites (tertiary alicyclic amines) is 1. The highest BCUT2D eigenvalue weighted by Gasteiger charge is 2.22. The van der Waals surface area contributed by atoms with Crippen LogP contribution in [-0.2, 0) is 0 Å². The molecule has 0 bridgehead atoms. The van der Waals surface area contributed by atoms with Gasteiger partial charge in [-0.05, 0) is 68.7 Å². The van der Waals surface area contributed by atoms with E-state index < -0.39 is 0 Å². The first kappa shape index (κ1) is 18.4. The maximum absolute atomic E-state index is 12.4. The minimum atomic E-state index is 0.00705. The minimum absolute atomic E-state index is 0.00705. The van der Waals surface area contributed by atoms with Gasteiger partial charge < -0.3 is 15.5 Å². The van der Waals surface area contributed by atoms with Gasteiger partial charge in [0.1, 0.15) is 0 Å². The van der Waals surface area contributed by atoms with Crippen LogP contribution in [0.15, 0.2) is 48.5 Å². The average molecular weight is 368 g/mol. The molecule has 2 aromatic carbocycles. The van der Waals surface area contributed by atoms with Crippen molar-refractivity contribution in [3.05, 3.63) is 65.2 Å². The van der Waals surface area contributed by atoms with Gasteiger partial charge in [0.2, 0.25) is 0 Å². The lowest BCUT2D eigenvalue weighted by molar-refractivity contribution is 0.0922.